The van der Waals surface area contributed by atoms with Crippen LogP contribution in [0.5, 0.6) is 0 Å². The van der Waals surface area contributed by atoms with E-state index >= 15 is 0 Å². The van der Waals surface area contributed by atoms with Gasteiger partial charge in [-0.25, -0.2) is 0 Å². The molecule has 1 aliphatic heterocycles. The number of thioether (sulfide) groups is 1. The lowest BCUT2D eigenvalue weighted by Crippen LogP contribution is -2.46. The molecule has 2 aromatic carbocycles. The van der Waals surface area contributed by atoms with Crippen LogP contribution in [0, 0.1) is 0 Å². The average molecular weight is 428 g/mol. The van der Waals surface area contributed by atoms with Crippen molar-refractivity contribution in [2.75, 3.05) is 49.5 Å². The van der Waals surface area contributed by atoms with Crippen molar-refractivity contribution in [2.45, 2.75) is 24.0 Å². The van der Waals surface area contributed by atoms with Crippen LogP contribution in [-0.2, 0) is 14.3 Å². The smallest absolute Gasteiger partial charge is 0.319 e. The highest BCUT2D eigenvalue weighted by Crippen LogP contribution is 2.23. The van der Waals surface area contributed by atoms with Gasteiger partial charge in [0.05, 0.1) is 0 Å². The predicted octanol–water partition coefficient (Wildman–Crippen LogP) is 3.49. The second-order valence-electron chi connectivity index (χ2n) is 7.20. The number of esters is 1. The summed E-state index contributed by atoms with van der Waals surface area (Å²) in [6, 6.07) is 17.4. The number of carbonyl (C=O) groups excluding carboxylic acids is 2. The Morgan fingerprint density at radius 2 is 1.70 bits per heavy atom. The van der Waals surface area contributed by atoms with Crippen LogP contribution < -0.4 is 10.2 Å². The summed E-state index contributed by atoms with van der Waals surface area (Å²) < 4.78 is 5.16. The maximum absolute atomic E-state index is 12.1. The van der Waals surface area contributed by atoms with E-state index in [0.717, 1.165) is 43.3 Å². The molecular weight excluding hydrogens is 398 g/mol. The summed E-state index contributed by atoms with van der Waals surface area (Å²) in [5.41, 5.74) is 1.85. The van der Waals surface area contributed by atoms with Gasteiger partial charge in [0, 0.05) is 42.4 Å². The van der Waals surface area contributed by atoms with Crippen LogP contribution in [0.4, 0.5) is 11.4 Å². The number of hydrogen-bond acceptors (Lipinski definition) is 6. The van der Waals surface area contributed by atoms with Crippen molar-refractivity contribution in [3.05, 3.63) is 54.6 Å². The molecule has 0 spiro atoms. The molecule has 0 aromatic heterocycles. The van der Waals surface area contributed by atoms with E-state index < -0.39 is 5.97 Å². The molecular formula is C23H29N3O3S. The second kappa shape index (κ2) is 11.0. The highest BCUT2D eigenvalue weighted by atomic mass is 32.2. The summed E-state index contributed by atoms with van der Waals surface area (Å²) in [7, 11) is 0. The molecule has 6 nitrogen and oxygen atoms in total. The van der Waals surface area contributed by atoms with Crippen molar-refractivity contribution in [2.24, 2.45) is 0 Å². The van der Waals surface area contributed by atoms with E-state index in [9.17, 15) is 9.59 Å². The van der Waals surface area contributed by atoms with Gasteiger partial charge in [0.25, 0.3) is 5.91 Å². The molecule has 7 heteroatoms. The first-order valence-electron chi connectivity index (χ1n) is 10.3. The Morgan fingerprint density at radius 3 is 2.33 bits per heavy atom. The van der Waals surface area contributed by atoms with Crippen molar-refractivity contribution in [1.82, 2.24) is 4.90 Å². The minimum Gasteiger partial charge on any atom is -0.455 e. The minimum atomic E-state index is -0.402. The topological polar surface area (TPSA) is 61.9 Å². The van der Waals surface area contributed by atoms with Gasteiger partial charge in [0.15, 0.2) is 6.61 Å². The van der Waals surface area contributed by atoms with Gasteiger partial charge in [-0.3, -0.25) is 9.59 Å². The molecule has 2 aromatic rings. The number of benzene rings is 2. The van der Waals surface area contributed by atoms with Crippen LogP contribution in [0.15, 0.2) is 59.5 Å². The van der Waals surface area contributed by atoms with Crippen molar-refractivity contribution < 1.29 is 14.3 Å². The first-order chi connectivity index (χ1) is 14.5. The van der Waals surface area contributed by atoms with Gasteiger partial charge in [-0.15, -0.1) is 11.8 Å². The zero-order valence-corrected chi connectivity index (χ0v) is 18.4. The standard InChI is InChI=1S/C23H29N3O3S/c1-3-25-13-15-26(16-14-25)20-11-9-19(10-12-20)24-22(27)17-29-23(28)18(2)30-21-7-5-4-6-8-21/h4-12,18H,3,13-17H2,1-2H3,(H,24,27). The van der Waals surface area contributed by atoms with E-state index in [-0.39, 0.29) is 17.8 Å². The number of hydrogen-bond donors (Lipinski definition) is 1. The zero-order chi connectivity index (χ0) is 21.3. The number of ether oxygens (including phenoxy) is 1. The van der Waals surface area contributed by atoms with E-state index in [2.05, 4.69) is 22.0 Å². The molecule has 1 aliphatic rings. The third kappa shape index (κ3) is 6.50. The highest BCUT2D eigenvalue weighted by Gasteiger charge is 2.18. The summed E-state index contributed by atoms with van der Waals surface area (Å²) in [5.74, 6) is -0.745. The van der Waals surface area contributed by atoms with Gasteiger partial charge in [0.1, 0.15) is 5.25 Å². The summed E-state index contributed by atoms with van der Waals surface area (Å²) in [6.45, 7) is 8.92. The van der Waals surface area contributed by atoms with Crippen LogP contribution in [0.1, 0.15) is 13.8 Å². The summed E-state index contributed by atoms with van der Waals surface area (Å²) in [5, 5.41) is 2.40. The van der Waals surface area contributed by atoms with E-state index in [0.29, 0.717) is 5.69 Å². The molecule has 3 rings (SSSR count). The molecule has 160 valence electrons. The van der Waals surface area contributed by atoms with Crippen molar-refractivity contribution in [3.63, 3.8) is 0 Å². The quantitative estimate of drug-likeness (QED) is 0.514. The van der Waals surface area contributed by atoms with Gasteiger partial charge in [0.2, 0.25) is 0 Å². The van der Waals surface area contributed by atoms with E-state index in [1.165, 1.54) is 11.8 Å². The SMILES string of the molecule is CCN1CCN(c2ccc(NC(=O)COC(=O)C(C)Sc3ccccc3)cc2)CC1. The molecule has 0 saturated carbocycles. The lowest BCUT2D eigenvalue weighted by molar-refractivity contribution is -0.146. The number of likely N-dealkylation sites (N-methyl/N-ethyl adjacent to an activating group) is 1. The minimum absolute atomic E-state index is 0.292. The largest absolute Gasteiger partial charge is 0.455 e. The third-order valence-corrected chi connectivity index (χ3v) is 6.16. The Bertz CT molecular complexity index is 821. The maximum atomic E-state index is 12.1. The molecule has 30 heavy (non-hydrogen) atoms. The number of piperazine rings is 1. The summed E-state index contributed by atoms with van der Waals surface area (Å²) in [6.07, 6.45) is 0. The molecule has 1 unspecified atom stereocenters. The lowest BCUT2D eigenvalue weighted by Gasteiger charge is -2.35. The fourth-order valence-electron chi connectivity index (χ4n) is 3.28. The number of anilines is 2. The first kappa shape index (κ1) is 22.2. The second-order valence-corrected chi connectivity index (χ2v) is 8.61. The first-order valence-corrected chi connectivity index (χ1v) is 11.2. The normalized spacial score (nSPS) is 15.5. The van der Waals surface area contributed by atoms with Crippen LogP contribution in [-0.4, -0.2) is 61.4 Å². The number of amides is 1. The Morgan fingerprint density at radius 1 is 1.03 bits per heavy atom. The Hall–Kier alpha value is -2.51. The van der Waals surface area contributed by atoms with E-state index in [1.54, 1.807) is 6.92 Å². The van der Waals surface area contributed by atoms with E-state index in [1.807, 2.05) is 54.6 Å². The van der Waals surface area contributed by atoms with Gasteiger partial charge < -0.3 is 19.9 Å². The fourth-order valence-corrected chi connectivity index (χ4v) is 4.17. The monoisotopic (exact) mass is 427 g/mol. The number of rotatable bonds is 8. The number of nitrogens with one attached hydrogen (secondary N) is 1. The number of nitrogens with zero attached hydrogens (tertiary/aromatic N) is 2. The van der Waals surface area contributed by atoms with Crippen molar-refractivity contribution in [1.29, 1.82) is 0 Å². The van der Waals surface area contributed by atoms with Crippen LogP contribution >= 0.6 is 11.8 Å². The molecule has 1 fully saturated rings. The van der Waals surface area contributed by atoms with Crippen molar-refractivity contribution >= 4 is 35.0 Å². The average Bonchev–Trinajstić information content (AvgIpc) is 2.78. The molecule has 1 saturated heterocycles. The van der Waals surface area contributed by atoms with Crippen molar-refractivity contribution in [3.8, 4) is 0 Å². The van der Waals surface area contributed by atoms with Crippen LogP contribution in [0.25, 0.3) is 0 Å². The maximum Gasteiger partial charge on any atom is 0.319 e. The molecule has 0 radical (unpaired) electrons. The van der Waals surface area contributed by atoms with Gasteiger partial charge >= 0.3 is 5.97 Å². The zero-order valence-electron chi connectivity index (χ0n) is 17.5. The Kier molecular flexibility index (Phi) is 8.16. The third-order valence-electron chi connectivity index (χ3n) is 5.07. The van der Waals surface area contributed by atoms with E-state index in [4.69, 9.17) is 4.74 Å². The molecule has 1 N–H and O–H groups in total. The Balaban J connectivity index is 1.42. The molecule has 1 atom stereocenters. The van der Waals surface area contributed by atoms with Crippen LogP contribution in [0.2, 0.25) is 0 Å². The molecule has 1 amide bonds. The number of carbonyl (C=O) groups is 2. The fraction of sp³-hybridized carbons (Fsp3) is 0.391. The predicted molar refractivity (Wildman–Crippen MR) is 122 cm³/mol. The molecule has 1 heterocycles. The van der Waals surface area contributed by atoms with Crippen LogP contribution in [0.3, 0.4) is 0 Å². The Labute approximate surface area is 182 Å². The molecule has 0 bridgehead atoms. The van der Waals surface area contributed by atoms with Gasteiger partial charge in [-0.05, 0) is 49.9 Å². The van der Waals surface area contributed by atoms with Gasteiger partial charge in [-0.1, -0.05) is 25.1 Å². The molecule has 0 aliphatic carbocycles. The van der Waals surface area contributed by atoms with Gasteiger partial charge in [-0.2, -0.15) is 0 Å². The summed E-state index contributed by atoms with van der Waals surface area (Å²) >= 11 is 1.41. The lowest BCUT2D eigenvalue weighted by atomic mass is 10.2. The summed E-state index contributed by atoms with van der Waals surface area (Å²) in [4.78, 5) is 30.1. The highest BCUT2D eigenvalue weighted by molar-refractivity contribution is 8.00.